The second kappa shape index (κ2) is 10.7. The number of rotatable bonds is 7. The Hall–Kier alpha value is -3.41. The third-order valence-electron chi connectivity index (χ3n) is 5.40. The number of aryl methyl sites for hydroxylation is 1. The fraction of sp³-hybridized carbons (Fsp3) is 0.292. The van der Waals surface area contributed by atoms with Gasteiger partial charge in [0, 0.05) is 51.6 Å². The van der Waals surface area contributed by atoms with Gasteiger partial charge in [-0.25, -0.2) is 22.7 Å². The molecule has 3 aromatic rings. The number of fused-ring (bicyclic) bond motifs is 1. The van der Waals surface area contributed by atoms with Gasteiger partial charge in [0.1, 0.15) is 5.58 Å². The highest BCUT2D eigenvalue weighted by Gasteiger charge is 2.19. The van der Waals surface area contributed by atoms with Crippen LogP contribution in [0, 0.1) is 6.92 Å². The van der Waals surface area contributed by atoms with Gasteiger partial charge in [-0.3, -0.25) is 4.79 Å². The van der Waals surface area contributed by atoms with Crippen LogP contribution >= 0.6 is 11.6 Å². The Balaban J connectivity index is 1.93. The van der Waals surface area contributed by atoms with E-state index in [4.69, 9.17) is 20.8 Å². The molecule has 0 radical (unpaired) electrons. The molecule has 2 amide bonds. The molecule has 0 saturated heterocycles. The summed E-state index contributed by atoms with van der Waals surface area (Å²) in [6.45, 7) is 1.35. The molecule has 3 rings (SSSR count). The Bertz CT molecular complexity index is 1500. The van der Waals surface area contributed by atoms with E-state index in [1.165, 1.54) is 56.2 Å². The van der Waals surface area contributed by atoms with Crippen LogP contribution < -0.4 is 15.1 Å². The summed E-state index contributed by atoms with van der Waals surface area (Å²) in [5, 5.41) is 0.707. The number of benzene rings is 2. The third-order valence-corrected chi connectivity index (χ3v) is 7.10. The highest BCUT2D eigenvalue weighted by molar-refractivity contribution is 7.89. The van der Waals surface area contributed by atoms with Gasteiger partial charge in [0.15, 0.2) is 5.75 Å². The number of likely N-dealkylation sites (N-methyl/N-ethyl adjacent to an activating group) is 1. The molecule has 192 valence electrons. The minimum Gasteiger partial charge on any atom is -0.422 e. The average molecular weight is 536 g/mol. The van der Waals surface area contributed by atoms with Gasteiger partial charge in [-0.15, -0.1) is 0 Å². The maximum atomic E-state index is 12.8. The molecule has 1 heterocycles. The molecule has 0 saturated carbocycles. The van der Waals surface area contributed by atoms with E-state index in [2.05, 4.69) is 4.72 Å². The van der Waals surface area contributed by atoms with Crippen molar-refractivity contribution in [2.24, 2.45) is 0 Å². The average Bonchev–Trinajstić information content (AvgIpc) is 2.81. The van der Waals surface area contributed by atoms with Crippen molar-refractivity contribution in [3.8, 4) is 5.75 Å². The fourth-order valence-electron chi connectivity index (χ4n) is 3.28. The Morgan fingerprint density at radius 3 is 2.42 bits per heavy atom. The smallest absolute Gasteiger partial charge is 0.414 e. The molecule has 36 heavy (non-hydrogen) atoms. The van der Waals surface area contributed by atoms with Crippen LogP contribution in [0.2, 0.25) is 5.02 Å². The fourth-order valence-corrected chi connectivity index (χ4v) is 4.53. The number of hydrogen-bond acceptors (Lipinski definition) is 7. The number of nitrogens with one attached hydrogen (secondary N) is 1. The van der Waals surface area contributed by atoms with Gasteiger partial charge in [0.2, 0.25) is 15.9 Å². The number of sulfonamides is 1. The second-order valence-electron chi connectivity index (χ2n) is 8.47. The third kappa shape index (κ3) is 6.04. The van der Waals surface area contributed by atoms with Crippen LogP contribution in [0.15, 0.2) is 50.5 Å². The van der Waals surface area contributed by atoms with Crippen molar-refractivity contribution < 1.29 is 27.2 Å². The van der Waals surface area contributed by atoms with E-state index in [0.29, 0.717) is 22.1 Å². The van der Waals surface area contributed by atoms with E-state index in [1.807, 2.05) is 0 Å². The first kappa shape index (κ1) is 27.2. The van der Waals surface area contributed by atoms with Crippen LogP contribution in [0.3, 0.4) is 0 Å². The highest BCUT2D eigenvalue weighted by atomic mass is 35.5. The quantitative estimate of drug-likeness (QED) is 0.461. The predicted octanol–water partition coefficient (Wildman–Crippen LogP) is 2.77. The summed E-state index contributed by atoms with van der Waals surface area (Å²) in [4.78, 5) is 38.9. The number of hydrogen-bond donors (Lipinski definition) is 1. The lowest BCUT2D eigenvalue weighted by Crippen LogP contribution is -2.36. The zero-order valence-electron chi connectivity index (χ0n) is 20.4. The van der Waals surface area contributed by atoms with Crippen molar-refractivity contribution in [2.75, 3.05) is 34.7 Å². The molecule has 1 aromatic heterocycles. The van der Waals surface area contributed by atoms with Crippen molar-refractivity contribution in [1.29, 1.82) is 0 Å². The lowest BCUT2D eigenvalue weighted by Gasteiger charge is -2.14. The molecule has 1 N–H and O–H groups in total. The van der Waals surface area contributed by atoms with Crippen molar-refractivity contribution in [3.63, 3.8) is 0 Å². The van der Waals surface area contributed by atoms with Crippen LogP contribution in [0.1, 0.15) is 16.7 Å². The Kier molecular flexibility index (Phi) is 8.07. The second-order valence-corrected chi connectivity index (χ2v) is 10.6. The van der Waals surface area contributed by atoms with Crippen LogP contribution in [0.4, 0.5) is 4.79 Å². The number of nitrogens with zero attached hydrogens (tertiary/aromatic N) is 2. The molecule has 0 bridgehead atoms. The number of amides is 2. The summed E-state index contributed by atoms with van der Waals surface area (Å²) < 4.78 is 38.3. The summed E-state index contributed by atoms with van der Waals surface area (Å²) in [6, 6.07) is 9.00. The van der Waals surface area contributed by atoms with Crippen molar-refractivity contribution in [2.45, 2.75) is 18.2 Å². The molecule has 12 heteroatoms. The van der Waals surface area contributed by atoms with E-state index in [1.54, 1.807) is 25.1 Å². The molecule has 0 aliphatic rings. The van der Waals surface area contributed by atoms with Crippen LogP contribution in [-0.4, -0.2) is 65.0 Å². The lowest BCUT2D eigenvalue weighted by molar-refractivity contribution is -0.127. The first-order valence-corrected chi connectivity index (χ1v) is 12.6. The predicted molar refractivity (Wildman–Crippen MR) is 135 cm³/mol. The van der Waals surface area contributed by atoms with Gasteiger partial charge in [-0.1, -0.05) is 23.7 Å². The van der Waals surface area contributed by atoms with E-state index in [9.17, 15) is 22.8 Å². The van der Waals surface area contributed by atoms with E-state index < -0.39 is 27.6 Å². The molecular weight excluding hydrogens is 510 g/mol. The summed E-state index contributed by atoms with van der Waals surface area (Å²) >= 11 is 6.30. The van der Waals surface area contributed by atoms with Crippen molar-refractivity contribution in [1.82, 2.24) is 14.5 Å². The highest BCUT2D eigenvalue weighted by Crippen LogP contribution is 2.32. The van der Waals surface area contributed by atoms with Gasteiger partial charge in [0.25, 0.3) is 0 Å². The lowest BCUT2D eigenvalue weighted by atomic mass is 9.99. The van der Waals surface area contributed by atoms with Gasteiger partial charge >= 0.3 is 11.7 Å². The van der Waals surface area contributed by atoms with E-state index >= 15 is 0 Å². The minimum atomic E-state index is -3.95. The maximum absolute atomic E-state index is 12.8. The Morgan fingerprint density at radius 2 is 1.78 bits per heavy atom. The Labute approximate surface area is 213 Å². The summed E-state index contributed by atoms with van der Waals surface area (Å²) in [6.07, 6.45) is -0.540. The minimum absolute atomic E-state index is 0.0372. The first-order valence-electron chi connectivity index (χ1n) is 10.7. The van der Waals surface area contributed by atoms with Crippen LogP contribution in [-0.2, 0) is 21.2 Å². The summed E-state index contributed by atoms with van der Waals surface area (Å²) in [5.41, 5.74) is 1.04. The number of carbonyl (C=O) groups excluding carboxylic acids is 2. The standard InChI is InChI=1S/C24H26ClN3O7S/c1-14-17-11-19(25)21(35-24(31)28(4)5)12-20(17)34-23(30)18(14)10-15-7-6-8-16(9-15)36(32,33)26-13-22(29)27(2)3/h6-9,11-12,26H,10,13H2,1-5H3. The molecule has 0 aliphatic heterocycles. The van der Waals surface area contributed by atoms with Crippen molar-refractivity contribution >= 4 is 44.6 Å². The van der Waals surface area contributed by atoms with Crippen LogP contribution in [0.5, 0.6) is 5.75 Å². The first-order chi connectivity index (χ1) is 16.8. The number of ether oxygens (including phenoxy) is 1. The zero-order valence-corrected chi connectivity index (χ0v) is 22.0. The summed E-state index contributed by atoms with van der Waals surface area (Å²) in [7, 11) is 2.15. The molecule has 0 atom stereocenters. The van der Waals surface area contributed by atoms with Gasteiger partial charge < -0.3 is 19.0 Å². The molecule has 0 spiro atoms. The van der Waals surface area contributed by atoms with Gasteiger partial charge in [-0.2, -0.15) is 0 Å². The molecule has 0 aliphatic carbocycles. The SMILES string of the molecule is Cc1c(Cc2cccc(S(=O)(=O)NCC(=O)N(C)C)c2)c(=O)oc2cc(OC(=O)N(C)C)c(Cl)cc12. The molecule has 2 aromatic carbocycles. The zero-order chi connectivity index (χ0) is 26.8. The molecule has 0 fully saturated rings. The number of carbonyl (C=O) groups is 2. The topological polar surface area (TPSA) is 126 Å². The molecule has 10 nitrogen and oxygen atoms in total. The summed E-state index contributed by atoms with van der Waals surface area (Å²) in [5.74, 6) is -0.339. The number of halogens is 1. The normalized spacial score (nSPS) is 11.4. The van der Waals surface area contributed by atoms with Crippen LogP contribution in [0.25, 0.3) is 11.0 Å². The monoisotopic (exact) mass is 535 g/mol. The van der Waals surface area contributed by atoms with E-state index in [-0.39, 0.29) is 34.2 Å². The molecular formula is C24H26ClN3O7S. The van der Waals surface area contributed by atoms with Gasteiger partial charge in [-0.05, 0) is 36.2 Å². The Morgan fingerprint density at radius 1 is 1.08 bits per heavy atom. The van der Waals surface area contributed by atoms with E-state index in [0.717, 1.165) is 0 Å². The largest absolute Gasteiger partial charge is 0.422 e. The molecule has 0 unspecified atom stereocenters. The van der Waals surface area contributed by atoms with Gasteiger partial charge in [0.05, 0.1) is 16.5 Å². The maximum Gasteiger partial charge on any atom is 0.414 e. The van der Waals surface area contributed by atoms with Crippen molar-refractivity contribution in [3.05, 3.63) is 68.5 Å².